The third-order valence-electron chi connectivity index (χ3n) is 4.32. The zero-order chi connectivity index (χ0) is 17.6. The maximum absolute atomic E-state index is 12.9. The van der Waals surface area contributed by atoms with Crippen molar-refractivity contribution in [2.45, 2.75) is 38.9 Å². The van der Waals surface area contributed by atoms with Crippen LogP contribution in [0.15, 0.2) is 10.6 Å². The summed E-state index contributed by atoms with van der Waals surface area (Å²) >= 11 is 0. The molecule has 0 aliphatic carbocycles. The zero-order valence-corrected chi connectivity index (χ0v) is 13.5. The van der Waals surface area contributed by atoms with Crippen molar-refractivity contribution in [1.29, 1.82) is 0 Å². The van der Waals surface area contributed by atoms with Gasteiger partial charge in [0.25, 0.3) is 5.91 Å². The van der Waals surface area contributed by atoms with Crippen LogP contribution in [0.1, 0.15) is 52.1 Å². The fourth-order valence-electron chi connectivity index (χ4n) is 3.26. The highest BCUT2D eigenvalue weighted by atomic mass is 19.4. The average molecular weight is 342 g/mol. The second-order valence-electron chi connectivity index (χ2n) is 5.93. The highest BCUT2D eigenvalue weighted by Crippen LogP contribution is 2.37. The monoisotopic (exact) mass is 342 g/mol. The molecule has 0 saturated carbocycles. The molecule has 0 unspecified atom stereocenters. The van der Waals surface area contributed by atoms with Crippen molar-refractivity contribution in [2.75, 3.05) is 6.54 Å². The van der Waals surface area contributed by atoms with Crippen molar-refractivity contribution in [3.8, 4) is 0 Å². The summed E-state index contributed by atoms with van der Waals surface area (Å²) in [6.45, 7) is 4.01. The number of likely N-dealkylation sites (tertiary alicyclic amines) is 1. The van der Waals surface area contributed by atoms with Crippen molar-refractivity contribution in [3.05, 3.63) is 34.5 Å². The van der Waals surface area contributed by atoms with E-state index in [1.54, 1.807) is 18.7 Å². The maximum Gasteiger partial charge on any atom is 0.433 e. The Morgan fingerprint density at radius 2 is 2.08 bits per heavy atom. The van der Waals surface area contributed by atoms with E-state index < -0.39 is 17.8 Å². The molecule has 1 fully saturated rings. The number of alkyl halides is 3. The summed E-state index contributed by atoms with van der Waals surface area (Å²) < 4.78 is 44.5. The van der Waals surface area contributed by atoms with Crippen molar-refractivity contribution in [2.24, 2.45) is 7.05 Å². The van der Waals surface area contributed by atoms with Crippen LogP contribution in [0.2, 0.25) is 0 Å². The number of rotatable bonds is 2. The number of nitrogens with zero attached hydrogens (tertiary/aromatic N) is 4. The minimum absolute atomic E-state index is 0.205. The van der Waals surface area contributed by atoms with Gasteiger partial charge in [0.05, 0.1) is 11.7 Å². The van der Waals surface area contributed by atoms with Gasteiger partial charge in [-0.1, -0.05) is 5.16 Å². The summed E-state index contributed by atoms with van der Waals surface area (Å²) in [7, 11) is 1.18. The summed E-state index contributed by atoms with van der Waals surface area (Å²) in [6, 6.07) is 0.547. The molecule has 9 heteroatoms. The number of hydrogen-bond donors (Lipinski definition) is 0. The van der Waals surface area contributed by atoms with Crippen LogP contribution in [-0.4, -0.2) is 32.3 Å². The topological polar surface area (TPSA) is 64.2 Å². The van der Waals surface area contributed by atoms with Crippen LogP contribution in [0.3, 0.4) is 0 Å². The normalized spacial score (nSPS) is 18.4. The lowest BCUT2D eigenvalue weighted by Crippen LogP contribution is -2.31. The number of halogens is 3. The van der Waals surface area contributed by atoms with E-state index in [9.17, 15) is 18.0 Å². The Morgan fingerprint density at radius 1 is 1.38 bits per heavy atom. The molecule has 0 bridgehead atoms. The molecule has 0 aromatic carbocycles. The van der Waals surface area contributed by atoms with E-state index in [1.807, 2.05) is 0 Å². The Bertz CT molecular complexity index is 759. The first-order valence-electron chi connectivity index (χ1n) is 7.55. The molecule has 130 valence electrons. The molecule has 6 nitrogen and oxygen atoms in total. The Balaban J connectivity index is 1.92. The van der Waals surface area contributed by atoms with E-state index in [1.165, 1.54) is 7.05 Å². The average Bonchev–Trinajstić information content (AvgIpc) is 3.17. The van der Waals surface area contributed by atoms with Crippen LogP contribution >= 0.6 is 0 Å². The van der Waals surface area contributed by atoms with E-state index in [2.05, 4.69) is 10.3 Å². The number of carbonyl (C=O) groups excluding carboxylic acids is 1. The van der Waals surface area contributed by atoms with E-state index in [0.29, 0.717) is 29.1 Å². The summed E-state index contributed by atoms with van der Waals surface area (Å²) in [5.74, 6) is 0.109. The van der Waals surface area contributed by atoms with E-state index in [4.69, 9.17) is 4.52 Å². The first kappa shape index (κ1) is 16.5. The smallest absolute Gasteiger partial charge is 0.361 e. The fourth-order valence-corrected chi connectivity index (χ4v) is 3.26. The first-order chi connectivity index (χ1) is 11.2. The molecule has 1 saturated heterocycles. The van der Waals surface area contributed by atoms with Gasteiger partial charge in [0.15, 0.2) is 5.69 Å². The lowest BCUT2D eigenvalue weighted by Gasteiger charge is -2.23. The van der Waals surface area contributed by atoms with Gasteiger partial charge in [-0.25, -0.2) is 0 Å². The van der Waals surface area contributed by atoms with Crippen LogP contribution in [0.4, 0.5) is 13.2 Å². The molecular formula is C15H17F3N4O2. The second kappa shape index (κ2) is 5.64. The third-order valence-corrected chi connectivity index (χ3v) is 4.32. The predicted octanol–water partition coefficient (Wildman–Crippen LogP) is 3.02. The molecule has 1 aliphatic heterocycles. The van der Waals surface area contributed by atoms with Gasteiger partial charge in [0.1, 0.15) is 11.5 Å². The van der Waals surface area contributed by atoms with Gasteiger partial charge in [-0.05, 0) is 26.7 Å². The quantitative estimate of drug-likeness (QED) is 0.841. The molecular weight excluding hydrogens is 325 g/mol. The van der Waals surface area contributed by atoms with Gasteiger partial charge in [0, 0.05) is 25.2 Å². The summed E-state index contributed by atoms with van der Waals surface area (Å²) in [5, 5.41) is 7.64. The van der Waals surface area contributed by atoms with Crippen LogP contribution in [0, 0.1) is 13.8 Å². The molecule has 1 amide bonds. The largest absolute Gasteiger partial charge is 0.433 e. The molecule has 1 aliphatic rings. The minimum Gasteiger partial charge on any atom is -0.361 e. The molecule has 24 heavy (non-hydrogen) atoms. The number of aromatic nitrogens is 3. The molecule has 3 rings (SSSR count). The van der Waals surface area contributed by atoms with Gasteiger partial charge in [-0.3, -0.25) is 9.48 Å². The molecule has 0 N–H and O–H groups in total. The molecule has 0 spiro atoms. The van der Waals surface area contributed by atoms with Gasteiger partial charge in [0.2, 0.25) is 0 Å². The van der Waals surface area contributed by atoms with Gasteiger partial charge in [-0.2, -0.15) is 18.3 Å². The molecule has 1 atom stereocenters. The minimum atomic E-state index is -4.55. The predicted molar refractivity (Wildman–Crippen MR) is 77.2 cm³/mol. The van der Waals surface area contributed by atoms with E-state index >= 15 is 0 Å². The lowest BCUT2D eigenvalue weighted by atomic mass is 10.0. The summed E-state index contributed by atoms with van der Waals surface area (Å²) in [5.41, 5.74) is 0.365. The van der Waals surface area contributed by atoms with E-state index in [-0.39, 0.29) is 11.7 Å². The SMILES string of the molecule is Cc1noc(C)c1[C@H]1CCCN1C(=O)c1cc(C(F)(F)F)n(C)n1. The molecule has 3 heterocycles. The standard InChI is InChI=1S/C15H17F3N4O2/c1-8-13(9(2)24-20-8)11-5-4-6-22(11)14(23)10-7-12(15(16,17)18)21(3)19-10/h7,11H,4-6H2,1-3H3/t11-/m1/s1. The molecule has 0 radical (unpaired) electrons. The van der Waals surface area contributed by atoms with Gasteiger partial charge in [-0.15, -0.1) is 0 Å². The van der Waals surface area contributed by atoms with Crippen LogP contribution in [-0.2, 0) is 13.2 Å². The highest BCUT2D eigenvalue weighted by Gasteiger charge is 2.39. The second-order valence-corrected chi connectivity index (χ2v) is 5.93. The Hall–Kier alpha value is -2.32. The highest BCUT2D eigenvalue weighted by molar-refractivity contribution is 5.93. The maximum atomic E-state index is 12.9. The van der Waals surface area contributed by atoms with Crippen molar-refractivity contribution in [3.63, 3.8) is 0 Å². The van der Waals surface area contributed by atoms with Crippen LogP contribution < -0.4 is 0 Å². The number of hydrogen-bond acceptors (Lipinski definition) is 4. The number of carbonyl (C=O) groups is 1. The van der Waals surface area contributed by atoms with E-state index in [0.717, 1.165) is 18.1 Å². The number of aryl methyl sites for hydroxylation is 3. The first-order valence-corrected chi connectivity index (χ1v) is 7.55. The Kier molecular flexibility index (Phi) is 3.89. The zero-order valence-electron chi connectivity index (χ0n) is 13.5. The lowest BCUT2D eigenvalue weighted by molar-refractivity contribution is -0.143. The number of amides is 1. The third kappa shape index (κ3) is 2.67. The Morgan fingerprint density at radius 3 is 2.62 bits per heavy atom. The van der Waals surface area contributed by atoms with Crippen LogP contribution in [0.5, 0.6) is 0 Å². The summed E-state index contributed by atoms with van der Waals surface area (Å²) in [4.78, 5) is 14.3. The van der Waals surface area contributed by atoms with Crippen molar-refractivity contribution >= 4 is 5.91 Å². The van der Waals surface area contributed by atoms with Gasteiger partial charge < -0.3 is 9.42 Å². The fraction of sp³-hybridized carbons (Fsp3) is 0.533. The van der Waals surface area contributed by atoms with Gasteiger partial charge >= 0.3 is 6.18 Å². The molecule has 2 aromatic rings. The van der Waals surface area contributed by atoms with Crippen molar-refractivity contribution < 1.29 is 22.5 Å². The Labute approximate surface area is 136 Å². The van der Waals surface area contributed by atoms with Crippen LogP contribution in [0.25, 0.3) is 0 Å². The molecule has 2 aromatic heterocycles. The van der Waals surface area contributed by atoms with Crippen molar-refractivity contribution in [1.82, 2.24) is 19.8 Å². The summed E-state index contributed by atoms with van der Waals surface area (Å²) in [6.07, 6.45) is -3.07.